The molecule has 2 aromatic heterocycles. The van der Waals surface area contributed by atoms with E-state index in [1.165, 1.54) is 0 Å². The lowest BCUT2D eigenvalue weighted by atomic mass is 10.2. The van der Waals surface area contributed by atoms with Gasteiger partial charge in [0.2, 0.25) is 11.8 Å². The number of aryl methyl sites for hydroxylation is 1. The Morgan fingerprint density at radius 2 is 2.03 bits per heavy atom. The van der Waals surface area contributed by atoms with Crippen LogP contribution in [-0.4, -0.2) is 58.2 Å². The number of amides is 1. The summed E-state index contributed by atoms with van der Waals surface area (Å²) in [5.74, 6) is 1.93. The van der Waals surface area contributed by atoms with Gasteiger partial charge in [0.15, 0.2) is 11.7 Å². The number of piperazine rings is 1. The number of hydrogen-bond acceptors (Lipinski definition) is 5. The first-order chi connectivity index (χ1) is 14.1. The Morgan fingerprint density at radius 1 is 1.23 bits per heavy atom. The summed E-state index contributed by atoms with van der Waals surface area (Å²) < 4.78 is 7.51. The number of guanidine groups is 1. The molecule has 1 fully saturated rings. The lowest BCUT2D eigenvalue weighted by molar-refractivity contribution is -0.120. The van der Waals surface area contributed by atoms with E-state index in [-0.39, 0.29) is 36.4 Å². The third-order valence-corrected chi connectivity index (χ3v) is 4.74. The molecule has 30 heavy (non-hydrogen) atoms. The van der Waals surface area contributed by atoms with Gasteiger partial charge in [0.05, 0.1) is 24.6 Å². The van der Waals surface area contributed by atoms with Crippen molar-refractivity contribution < 1.29 is 9.21 Å². The fraction of sp³-hybridized carbons (Fsp3) is 0.300. The first-order valence-corrected chi connectivity index (χ1v) is 9.39. The maximum atomic E-state index is 12.6. The third kappa shape index (κ3) is 4.81. The quantitative estimate of drug-likeness (QED) is 0.322. The monoisotopic (exact) mass is 521 g/mol. The molecule has 0 radical (unpaired) electrons. The average Bonchev–Trinajstić information content (AvgIpc) is 3.38. The van der Waals surface area contributed by atoms with Crippen LogP contribution in [0.4, 0.5) is 5.69 Å². The average molecular weight is 521 g/mol. The zero-order chi connectivity index (χ0) is 20.2. The molecule has 0 saturated carbocycles. The van der Waals surface area contributed by atoms with Crippen LogP contribution in [0.2, 0.25) is 0 Å². The second-order valence-corrected chi connectivity index (χ2v) is 6.72. The number of oxazole rings is 1. The van der Waals surface area contributed by atoms with Crippen molar-refractivity contribution in [3.63, 3.8) is 0 Å². The SMILES string of the molecule is CN=C(NCc1ncc(-c2ccccc2)o1)N1CCN(c2cnn(C)c2)C(=O)C1.I. The Labute approximate surface area is 191 Å². The van der Waals surface area contributed by atoms with Crippen LogP contribution in [0.5, 0.6) is 0 Å². The summed E-state index contributed by atoms with van der Waals surface area (Å²) in [5, 5.41) is 7.37. The van der Waals surface area contributed by atoms with Crippen molar-refractivity contribution in [2.45, 2.75) is 6.54 Å². The Balaban J connectivity index is 0.00000256. The Bertz CT molecular complexity index is 1020. The van der Waals surface area contributed by atoms with Gasteiger partial charge in [0.1, 0.15) is 6.54 Å². The van der Waals surface area contributed by atoms with E-state index in [2.05, 4.69) is 20.4 Å². The molecule has 1 aliphatic rings. The molecule has 4 rings (SSSR count). The minimum absolute atomic E-state index is 0. The fourth-order valence-electron chi connectivity index (χ4n) is 3.29. The van der Waals surface area contributed by atoms with E-state index in [1.54, 1.807) is 29.0 Å². The number of rotatable bonds is 4. The molecule has 1 aliphatic heterocycles. The number of aliphatic imine (C=N–C) groups is 1. The number of nitrogens with zero attached hydrogens (tertiary/aromatic N) is 6. The van der Waals surface area contributed by atoms with Crippen LogP contribution in [0.25, 0.3) is 11.3 Å². The summed E-state index contributed by atoms with van der Waals surface area (Å²) in [6, 6.07) is 9.83. The number of nitrogens with one attached hydrogen (secondary N) is 1. The highest BCUT2D eigenvalue weighted by Crippen LogP contribution is 2.20. The Kier molecular flexibility index (Phi) is 7.08. The summed E-state index contributed by atoms with van der Waals surface area (Å²) in [7, 11) is 3.53. The van der Waals surface area contributed by atoms with Crippen molar-refractivity contribution in [1.29, 1.82) is 0 Å². The van der Waals surface area contributed by atoms with Gasteiger partial charge in [-0.2, -0.15) is 5.10 Å². The number of aromatic nitrogens is 3. The highest BCUT2D eigenvalue weighted by Gasteiger charge is 2.27. The molecule has 0 unspecified atom stereocenters. The van der Waals surface area contributed by atoms with E-state index < -0.39 is 0 Å². The molecule has 0 spiro atoms. The van der Waals surface area contributed by atoms with Crippen LogP contribution < -0.4 is 10.2 Å². The van der Waals surface area contributed by atoms with E-state index in [1.807, 2.05) is 48.5 Å². The zero-order valence-electron chi connectivity index (χ0n) is 16.9. The smallest absolute Gasteiger partial charge is 0.246 e. The maximum Gasteiger partial charge on any atom is 0.246 e. The van der Waals surface area contributed by atoms with Crippen molar-refractivity contribution in [3.8, 4) is 11.3 Å². The Hall–Kier alpha value is -2.89. The lowest BCUT2D eigenvalue weighted by Gasteiger charge is -2.35. The van der Waals surface area contributed by atoms with Gasteiger partial charge in [-0.3, -0.25) is 14.5 Å². The first kappa shape index (κ1) is 21.8. The standard InChI is InChI=1S/C20H23N7O2.HI/c1-21-20(23-12-18-22-11-17(29-18)15-6-4-3-5-7-15)26-8-9-27(19(28)14-26)16-10-24-25(2)13-16;/h3-7,10-11,13H,8-9,12,14H2,1-2H3,(H,21,23);1H. The highest BCUT2D eigenvalue weighted by molar-refractivity contribution is 14.0. The number of anilines is 1. The van der Waals surface area contributed by atoms with E-state index in [9.17, 15) is 4.79 Å². The van der Waals surface area contributed by atoms with Gasteiger partial charge in [-0.05, 0) is 0 Å². The van der Waals surface area contributed by atoms with Crippen molar-refractivity contribution in [2.24, 2.45) is 12.0 Å². The van der Waals surface area contributed by atoms with Crippen LogP contribution in [0.3, 0.4) is 0 Å². The third-order valence-electron chi connectivity index (χ3n) is 4.74. The van der Waals surface area contributed by atoms with Gasteiger partial charge in [0, 0.05) is 38.9 Å². The molecule has 1 aromatic carbocycles. The lowest BCUT2D eigenvalue weighted by Crippen LogP contribution is -2.55. The number of carbonyl (C=O) groups excluding carboxylic acids is 1. The first-order valence-electron chi connectivity index (χ1n) is 9.39. The number of carbonyl (C=O) groups is 1. The maximum absolute atomic E-state index is 12.6. The van der Waals surface area contributed by atoms with Gasteiger partial charge in [0.25, 0.3) is 0 Å². The molecule has 3 heterocycles. The summed E-state index contributed by atoms with van der Waals surface area (Å²) in [4.78, 5) is 24.9. The van der Waals surface area contributed by atoms with Crippen molar-refractivity contribution in [1.82, 2.24) is 25.0 Å². The van der Waals surface area contributed by atoms with Crippen molar-refractivity contribution in [3.05, 3.63) is 54.8 Å². The molecule has 0 atom stereocenters. The minimum atomic E-state index is 0. The molecule has 1 N–H and O–H groups in total. The van der Waals surface area contributed by atoms with Crippen molar-refractivity contribution in [2.75, 3.05) is 31.6 Å². The van der Waals surface area contributed by atoms with E-state index in [0.717, 1.165) is 17.0 Å². The summed E-state index contributed by atoms with van der Waals surface area (Å²) in [6.45, 7) is 1.87. The molecular formula is C20H24IN7O2. The zero-order valence-corrected chi connectivity index (χ0v) is 19.2. The largest absolute Gasteiger partial charge is 0.439 e. The van der Waals surface area contributed by atoms with Crippen LogP contribution >= 0.6 is 24.0 Å². The van der Waals surface area contributed by atoms with Crippen LogP contribution in [0, 0.1) is 0 Å². The van der Waals surface area contributed by atoms with Crippen LogP contribution in [0.1, 0.15) is 5.89 Å². The van der Waals surface area contributed by atoms with Crippen LogP contribution in [0.15, 0.2) is 58.3 Å². The van der Waals surface area contributed by atoms with Gasteiger partial charge >= 0.3 is 0 Å². The Morgan fingerprint density at radius 3 is 2.70 bits per heavy atom. The van der Waals surface area contributed by atoms with Gasteiger partial charge in [-0.1, -0.05) is 30.3 Å². The second kappa shape index (κ2) is 9.74. The van der Waals surface area contributed by atoms with Gasteiger partial charge < -0.3 is 19.5 Å². The number of hydrogen-bond donors (Lipinski definition) is 1. The molecule has 3 aromatic rings. The normalized spacial score (nSPS) is 14.6. The summed E-state index contributed by atoms with van der Waals surface area (Å²) in [5.41, 5.74) is 1.79. The van der Waals surface area contributed by atoms with Crippen molar-refractivity contribution >= 4 is 41.5 Å². The van der Waals surface area contributed by atoms with Crippen LogP contribution in [-0.2, 0) is 18.4 Å². The second-order valence-electron chi connectivity index (χ2n) is 6.72. The molecule has 0 bridgehead atoms. The van der Waals surface area contributed by atoms with Gasteiger partial charge in [-0.15, -0.1) is 24.0 Å². The number of halogens is 1. The van der Waals surface area contributed by atoms with E-state index >= 15 is 0 Å². The molecular weight excluding hydrogens is 497 g/mol. The molecule has 1 saturated heterocycles. The summed E-state index contributed by atoms with van der Waals surface area (Å²) in [6.07, 6.45) is 5.26. The predicted octanol–water partition coefficient (Wildman–Crippen LogP) is 2.12. The molecule has 10 heteroatoms. The molecule has 0 aliphatic carbocycles. The predicted molar refractivity (Wildman–Crippen MR) is 125 cm³/mol. The number of benzene rings is 1. The molecule has 1 amide bonds. The highest BCUT2D eigenvalue weighted by atomic mass is 127. The van der Waals surface area contributed by atoms with Gasteiger partial charge in [-0.25, -0.2) is 4.98 Å². The topological polar surface area (TPSA) is 91.8 Å². The molecule has 158 valence electrons. The van der Waals surface area contributed by atoms with E-state index in [0.29, 0.717) is 31.5 Å². The van der Waals surface area contributed by atoms with E-state index in [4.69, 9.17) is 4.42 Å². The summed E-state index contributed by atoms with van der Waals surface area (Å²) >= 11 is 0. The minimum Gasteiger partial charge on any atom is -0.439 e. The molecule has 9 nitrogen and oxygen atoms in total. The fourth-order valence-corrected chi connectivity index (χ4v) is 3.29.